The van der Waals surface area contributed by atoms with Crippen LogP contribution in [0.5, 0.6) is 0 Å². The molecule has 0 saturated heterocycles. The van der Waals surface area contributed by atoms with Gasteiger partial charge in [0.15, 0.2) is 6.04 Å². The van der Waals surface area contributed by atoms with Crippen LogP contribution in [-0.2, 0) is 4.79 Å². The summed E-state index contributed by atoms with van der Waals surface area (Å²) in [5, 5.41) is 0.661. The standard InChI is InChI=1S/C7H12N2OS/c1-3-4-5-6(10)9(2)7(11)8-5/h5H,3-4H2,1-2H3,(H,8,11)/p+1. The molecule has 1 amide bonds. The van der Waals surface area contributed by atoms with E-state index in [1.807, 2.05) is 0 Å². The molecule has 3 nitrogen and oxygen atoms in total. The van der Waals surface area contributed by atoms with E-state index in [1.54, 1.807) is 11.9 Å². The Morgan fingerprint density at radius 3 is 2.73 bits per heavy atom. The van der Waals surface area contributed by atoms with Crippen LogP contribution in [0.1, 0.15) is 19.8 Å². The van der Waals surface area contributed by atoms with Crippen LogP contribution in [0.2, 0.25) is 0 Å². The monoisotopic (exact) mass is 173 g/mol. The van der Waals surface area contributed by atoms with E-state index in [4.69, 9.17) is 0 Å². The number of nitrogens with zero attached hydrogens (tertiary/aromatic N) is 1. The van der Waals surface area contributed by atoms with Crippen LogP contribution < -0.4 is 4.99 Å². The molecule has 1 aliphatic rings. The maximum atomic E-state index is 11.3. The van der Waals surface area contributed by atoms with Crippen molar-refractivity contribution < 1.29 is 9.79 Å². The second-order valence-corrected chi connectivity index (χ2v) is 3.13. The van der Waals surface area contributed by atoms with Gasteiger partial charge in [0, 0.05) is 0 Å². The average molecular weight is 173 g/mol. The summed E-state index contributed by atoms with van der Waals surface area (Å²) in [5.74, 6) is 0.122. The first-order chi connectivity index (χ1) is 5.16. The summed E-state index contributed by atoms with van der Waals surface area (Å²) < 4.78 is 0. The number of amidine groups is 1. The number of hydrogen-bond donors (Lipinski definition) is 2. The molecule has 0 aliphatic carbocycles. The second-order valence-electron chi connectivity index (χ2n) is 2.71. The molecule has 62 valence electrons. The maximum Gasteiger partial charge on any atom is 0.354 e. The van der Waals surface area contributed by atoms with Gasteiger partial charge in [-0.3, -0.25) is 4.99 Å². The van der Waals surface area contributed by atoms with Gasteiger partial charge in [0.2, 0.25) is 0 Å². The van der Waals surface area contributed by atoms with Crippen molar-refractivity contribution in [2.45, 2.75) is 25.8 Å². The van der Waals surface area contributed by atoms with Gasteiger partial charge in [0.25, 0.3) is 0 Å². The topological polar surface area (TPSA) is 34.3 Å². The fourth-order valence-electron chi connectivity index (χ4n) is 1.14. The minimum absolute atomic E-state index is 0.0440. The number of carbonyl (C=O) groups excluding carboxylic acids is 1. The third-order valence-corrected chi connectivity index (χ3v) is 2.26. The summed E-state index contributed by atoms with van der Waals surface area (Å²) >= 11 is 4.11. The van der Waals surface area contributed by atoms with Crippen molar-refractivity contribution in [2.75, 3.05) is 7.05 Å². The number of hydrogen-bond acceptors (Lipinski definition) is 1. The molecule has 0 fully saturated rings. The fraction of sp³-hybridized carbons (Fsp3) is 0.714. The lowest BCUT2D eigenvalue weighted by Crippen LogP contribution is -2.76. The van der Waals surface area contributed by atoms with Crippen LogP contribution in [0.4, 0.5) is 0 Å². The van der Waals surface area contributed by atoms with Crippen molar-refractivity contribution in [2.24, 2.45) is 0 Å². The quantitative estimate of drug-likeness (QED) is 0.516. The third-order valence-electron chi connectivity index (χ3n) is 1.83. The average Bonchev–Trinajstić information content (AvgIpc) is 2.19. The number of thiol groups is 1. The molecule has 0 radical (unpaired) electrons. The second kappa shape index (κ2) is 3.26. The lowest BCUT2D eigenvalue weighted by atomic mass is 10.2. The summed E-state index contributed by atoms with van der Waals surface area (Å²) in [4.78, 5) is 15.9. The highest BCUT2D eigenvalue weighted by Crippen LogP contribution is 2.01. The smallest absolute Gasteiger partial charge is 0.254 e. The van der Waals surface area contributed by atoms with Gasteiger partial charge >= 0.3 is 11.1 Å². The lowest BCUT2D eigenvalue weighted by Gasteiger charge is -2.00. The van der Waals surface area contributed by atoms with E-state index in [1.165, 1.54) is 0 Å². The zero-order valence-corrected chi connectivity index (χ0v) is 7.69. The zero-order valence-electron chi connectivity index (χ0n) is 6.79. The molecule has 1 atom stereocenters. The molecule has 0 aromatic rings. The van der Waals surface area contributed by atoms with Crippen LogP contribution in [0.15, 0.2) is 0 Å². The molecule has 1 rings (SSSR count). The summed E-state index contributed by atoms with van der Waals surface area (Å²) in [7, 11) is 1.73. The predicted molar refractivity (Wildman–Crippen MR) is 46.4 cm³/mol. The van der Waals surface area contributed by atoms with Gasteiger partial charge in [-0.05, 0) is 6.42 Å². The number of likely N-dealkylation sites (N-methyl/N-ethyl adjacent to an activating group) is 1. The number of rotatable bonds is 2. The van der Waals surface area contributed by atoms with Gasteiger partial charge in [0.05, 0.1) is 7.05 Å². The Morgan fingerprint density at radius 1 is 1.73 bits per heavy atom. The van der Waals surface area contributed by atoms with Crippen molar-refractivity contribution in [3.63, 3.8) is 0 Å². The molecule has 0 spiro atoms. The zero-order chi connectivity index (χ0) is 8.43. The van der Waals surface area contributed by atoms with Gasteiger partial charge < -0.3 is 0 Å². The summed E-state index contributed by atoms with van der Waals surface area (Å²) in [6.45, 7) is 2.06. The molecule has 1 heterocycles. The molecule has 0 aromatic heterocycles. The number of carbonyl (C=O) groups is 1. The summed E-state index contributed by atoms with van der Waals surface area (Å²) in [5.41, 5.74) is 0. The molecular weight excluding hydrogens is 160 g/mol. The summed E-state index contributed by atoms with van der Waals surface area (Å²) in [6.07, 6.45) is 1.89. The SMILES string of the molecule is CCCC1[NH+]=C(S)N(C)C1=O. The first kappa shape index (κ1) is 8.59. The number of amides is 1. The van der Waals surface area contributed by atoms with Gasteiger partial charge in [-0.2, -0.15) is 4.90 Å². The minimum atomic E-state index is -0.0440. The lowest BCUT2D eigenvalue weighted by molar-refractivity contribution is -0.479. The van der Waals surface area contributed by atoms with E-state index in [9.17, 15) is 4.79 Å². The molecule has 1 aliphatic heterocycles. The first-order valence-corrected chi connectivity index (χ1v) is 4.21. The van der Waals surface area contributed by atoms with Crippen molar-refractivity contribution in [1.82, 2.24) is 4.90 Å². The van der Waals surface area contributed by atoms with E-state index in [2.05, 4.69) is 24.5 Å². The van der Waals surface area contributed by atoms with Crippen LogP contribution in [0, 0.1) is 0 Å². The highest BCUT2D eigenvalue weighted by Gasteiger charge is 2.36. The predicted octanol–water partition coefficient (Wildman–Crippen LogP) is -1.01. The molecule has 0 aromatic carbocycles. The highest BCUT2D eigenvalue weighted by molar-refractivity contribution is 7.96. The maximum absolute atomic E-state index is 11.3. The molecule has 1 N–H and O–H groups in total. The summed E-state index contributed by atoms with van der Waals surface area (Å²) in [6, 6.07) is -0.0440. The molecule has 1 unspecified atom stereocenters. The normalized spacial score (nSPS) is 24.3. The Morgan fingerprint density at radius 2 is 2.36 bits per heavy atom. The van der Waals surface area contributed by atoms with Gasteiger partial charge in [-0.15, -0.1) is 0 Å². The Bertz CT molecular complexity index is 203. The van der Waals surface area contributed by atoms with Gasteiger partial charge in [0.1, 0.15) is 0 Å². The van der Waals surface area contributed by atoms with Crippen LogP contribution in [-0.4, -0.2) is 29.1 Å². The van der Waals surface area contributed by atoms with Gasteiger partial charge in [-0.25, -0.2) is 4.79 Å². The van der Waals surface area contributed by atoms with Crippen LogP contribution in [0.25, 0.3) is 0 Å². The van der Waals surface area contributed by atoms with Crippen molar-refractivity contribution >= 4 is 23.7 Å². The Hall–Kier alpha value is -0.510. The van der Waals surface area contributed by atoms with Crippen LogP contribution >= 0.6 is 12.6 Å². The fourth-order valence-corrected chi connectivity index (χ4v) is 1.39. The van der Waals surface area contributed by atoms with E-state index in [-0.39, 0.29) is 11.9 Å². The Labute approximate surface area is 71.9 Å². The van der Waals surface area contributed by atoms with E-state index < -0.39 is 0 Å². The van der Waals surface area contributed by atoms with Crippen LogP contribution in [0.3, 0.4) is 0 Å². The molecule has 11 heavy (non-hydrogen) atoms. The number of nitrogens with one attached hydrogen (secondary N) is 1. The minimum Gasteiger partial charge on any atom is -0.254 e. The molecule has 4 heteroatoms. The Balaban J connectivity index is 2.65. The van der Waals surface area contributed by atoms with Crippen molar-refractivity contribution in [3.8, 4) is 0 Å². The molecular formula is C7H13N2OS+. The van der Waals surface area contributed by atoms with Gasteiger partial charge in [-0.1, -0.05) is 26.0 Å². The van der Waals surface area contributed by atoms with E-state index >= 15 is 0 Å². The van der Waals surface area contributed by atoms with Crippen molar-refractivity contribution in [3.05, 3.63) is 0 Å². The first-order valence-electron chi connectivity index (χ1n) is 3.76. The molecule has 0 saturated carbocycles. The van der Waals surface area contributed by atoms with E-state index in [0.717, 1.165) is 12.8 Å². The molecule has 0 bridgehead atoms. The largest absolute Gasteiger partial charge is 0.354 e. The van der Waals surface area contributed by atoms with E-state index in [0.29, 0.717) is 5.17 Å². The highest BCUT2D eigenvalue weighted by atomic mass is 32.1. The Kier molecular flexibility index (Phi) is 2.54. The third kappa shape index (κ3) is 1.56. The van der Waals surface area contributed by atoms with Crippen molar-refractivity contribution in [1.29, 1.82) is 0 Å².